The molecule has 2 atom stereocenters. The molecule has 0 fully saturated rings. The van der Waals surface area contributed by atoms with E-state index in [4.69, 9.17) is 4.74 Å². The molecule has 1 aromatic heterocycles. The highest BCUT2D eigenvalue weighted by Crippen LogP contribution is 2.42. The lowest BCUT2D eigenvalue weighted by Crippen LogP contribution is -2.19. The van der Waals surface area contributed by atoms with Crippen LogP contribution in [0.25, 0.3) is 0 Å². The number of hydrogen-bond donors (Lipinski definition) is 1. The molecule has 20 heavy (non-hydrogen) atoms. The molecule has 5 heteroatoms. The molecule has 1 aliphatic rings. The maximum Gasteiger partial charge on any atom is 0.130 e. The van der Waals surface area contributed by atoms with Crippen LogP contribution >= 0.6 is 15.9 Å². The van der Waals surface area contributed by atoms with Crippen LogP contribution in [0.4, 0.5) is 0 Å². The average Bonchev–Trinajstić information content (AvgIpc) is 2.79. The summed E-state index contributed by atoms with van der Waals surface area (Å²) in [5.41, 5.74) is 2.95. The molecule has 0 saturated carbocycles. The Kier molecular flexibility index (Phi) is 3.56. The first-order valence-electron chi connectivity index (χ1n) is 6.75. The highest BCUT2D eigenvalue weighted by atomic mass is 79.9. The molecule has 2 aromatic rings. The van der Waals surface area contributed by atoms with Gasteiger partial charge in [0.05, 0.1) is 11.8 Å². The monoisotopic (exact) mass is 336 g/mol. The number of fused-ring (bicyclic) bond motifs is 1. The Balaban J connectivity index is 1.98. The van der Waals surface area contributed by atoms with Gasteiger partial charge >= 0.3 is 0 Å². The number of hydrogen-bond acceptors (Lipinski definition) is 3. The number of halogens is 1. The first-order chi connectivity index (χ1) is 9.58. The van der Waals surface area contributed by atoms with E-state index >= 15 is 0 Å². The van der Waals surface area contributed by atoms with Gasteiger partial charge in [0, 0.05) is 35.3 Å². The van der Waals surface area contributed by atoms with Crippen LogP contribution in [0, 0.1) is 0 Å². The molecule has 0 spiro atoms. The van der Waals surface area contributed by atoms with Crippen molar-refractivity contribution in [3.05, 3.63) is 45.7 Å². The van der Waals surface area contributed by atoms with Crippen LogP contribution in [0.1, 0.15) is 42.4 Å². The number of rotatable bonds is 2. The van der Waals surface area contributed by atoms with Crippen molar-refractivity contribution in [2.75, 3.05) is 0 Å². The van der Waals surface area contributed by atoms with Gasteiger partial charge in [-0.25, -0.2) is 0 Å². The van der Waals surface area contributed by atoms with Crippen LogP contribution in [0.3, 0.4) is 0 Å². The Bertz CT molecular complexity index is 639. The molecule has 0 bridgehead atoms. The standard InChI is InChI=1S/C15H17BrN2O2/c1-3-12-11(8-18(2)17-12)15-7-13(19)10-5-4-9(16)6-14(10)20-15/h4-6,8,13,15,19H,3,7H2,1-2H3/t13-,15?/m0/s1. The van der Waals surface area contributed by atoms with E-state index in [1.54, 1.807) is 4.68 Å². The second-order valence-corrected chi connectivity index (χ2v) is 6.01. The van der Waals surface area contributed by atoms with Gasteiger partial charge in [-0.15, -0.1) is 0 Å². The fourth-order valence-corrected chi connectivity index (χ4v) is 3.04. The maximum atomic E-state index is 10.3. The summed E-state index contributed by atoms with van der Waals surface area (Å²) in [6.07, 6.45) is 2.77. The first-order valence-corrected chi connectivity index (χ1v) is 7.54. The van der Waals surface area contributed by atoms with Crippen LogP contribution in [0.5, 0.6) is 5.75 Å². The van der Waals surface area contributed by atoms with Crippen LogP contribution in [0.15, 0.2) is 28.9 Å². The minimum atomic E-state index is -0.498. The Morgan fingerprint density at radius 2 is 2.25 bits per heavy atom. The highest BCUT2D eigenvalue weighted by molar-refractivity contribution is 9.10. The van der Waals surface area contributed by atoms with Crippen LogP contribution in [0.2, 0.25) is 0 Å². The molecular weight excluding hydrogens is 320 g/mol. The molecule has 4 nitrogen and oxygen atoms in total. The van der Waals surface area contributed by atoms with E-state index in [0.29, 0.717) is 6.42 Å². The third-order valence-corrected chi connectivity index (χ3v) is 4.15. The molecule has 0 radical (unpaired) electrons. The molecule has 1 N–H and O–H groups in total. The quantitative estimate of drug-likeness (QED) is 0.915. The zero-order valence-corrected chi connectivity index (χ0v) is 13.1. The van der Waals surface area contributed by atoms with Gasteiger partial charge in [-0.2, -0.15) is 5.10 Å². The minimum Gasteiger partial charge on any atom is -0.485 e. The summed E-state index contributed by atoms with van der Waals surface area (Å²) >= 11 is 3.44. The molecule has 3 rings (SSSR count). The summed E-state index contributed by atoms with van der Waals surface area (Å²) in [6.45, 7) is 2.08. The van der Waals surface area contributed by atoms with E-state index in [2.05, 4.69) is 28.0 Å². The lowest BCUT2D eigenvalue weighted by molar-refractivity contribution is 0.0652. The second-order valence-electron chi connectivity index (χ2n) is 5.10. The van der Waals surface area contributed by atoms with E-state index in [-0.39, 0.29) is 6.10 Å². The fourth-order valence-electron chi connectivity index (χ4n) is 2.70. The van der Waals surface area contributed by atoms with Gasteiger partial charge in [0.2, 0.25) is 0 Å². The number of aryl methyl sites for hydroxylation is 2. The molecule has 0 aliphatic carbocycles. The maximum absolute atomic E-state index is 10.3. The Morgan fingerprint density at radius 3 is 3.00 bits per heavy atom. The summed E-state index contributed by atoms with van der Waals surface area (Å²) in [5.74, 6) is 0.744. The number of nitrogens with zero attached hydrogens (tertiary/aromatic N) is 2. The summed E-state index contributed by atoms with van der Waals surface area (Å²) in [5, 5.41) is 14.8. The van der Waals surface area contributed by atoms with Gasteiger partial charge in [0.15, 0.2) is 0 Å². The van der Waals surface area contributed by atoms with Crippen molar-refractivity contribution in [1.82, 2.24) is 9.78 Å². The van der Waals surface area contributed by atoms with Crippen molar-refractivity contribution < 1.29 is 9.84 Å². The Morgan fingerprint density at radius 1 is 1.45 bits per heavy atom. The van der Waals surface area contributed by atoms with Gasteiger partial charge in [-0.3, -0.25) is 4.68 Å². The SMILES string of the molecule is CCc1nn(C)cc1C1C[C@H](O)c2ccc(Br)cc2O1. The largest absolute Gasteiger partial charge is 0.485 e. The van der Waals surface area contributed by atoms with Crippen molar-refractivity contribution in [1.29, 1.82) is 0 Å². The normalized spacial score (nSPS) is 21.4. The third-order valence-electron chi connectivity index (χ3n) is 3.66. The minimum absolute atomic E-state index is 0.143. The topological polar surface area (TPSA) is 47.3 Å². The van der Waals surface area contributed by atoms with Crippen molar-refractivity contribution >= 4 is 15.9 Å². The molecule has 1 aromatic carbocycles. The Hall–Kier alpha value is -1.33. The van der Waals surface area contributed by atoms with E-state index in [0.717, 1.165) is 33.5 Å². The fraction of sp³-hybridized carbons (Fsp3) is 0.400. The average molecular weight is 337 g/mol. The van der Waals surface area contributed by atoms with Crippen molar-refractivity contribution in [2.45, 2.75) is 32.0 Å². The zero-order chi connectivity index (χ0) is 14.3. The zero-order valence-electron chi connectivity index (χ0n) is 11.5. The van der Waals surface area contributed by atoms with Gasteiger partial charge in [0.1, 0.15) is 11.9 Å². The van der Waals surface area contributed by atoms with E-state index in [1.165, 1.54) is 0 Å². The summed E-state index contributed by atoms with van der Waals surface area (Å²) < 4.78 is 8.84. The van der Waals surface area contributed by atoms with Gasteiger partial charge < -0.3 is 9.84 Å². The number of aromatic nitrogens is 2. The molecular formula is C15H17BrN2O2. The predicted molar refractivity (Wildman–Crippen MR) is 79.7 cm³/mol. The molecule has 1 unspecified atom stereocenters. The lowest BCUT2D eigenvalue weighted by atomic mass is 9.95. The van der Waals surface area contributed by atoms with Crippen LogP contribution < -0.4 is 4.74 Å². The number of ether oxygens (including phenoxy) is 1. The lowest BCUT2D eigenvalue weighted by Gasteiger charge is -2.29. The number of benzene rings is 1. The van der Waals surface area contributed by atoms with E-state index in [9.17, 15) is 5.11 Å². The first kappa shape index (κ1) is 13.6. The van der Waals surface area contributed by atoms with Gasteiger partial charge in [0.25, 0.3) is 0 Å². The van der Waals surface area contributed by atoms with Gasteiger partial charge in [-0.1, -0.05) is 28.9 Å². The summed E-state index contributed by atoms with van der Waals surface area (Å²) in [6, 6.07) is 5.74. The molecule has 0 saturated heterocycles. The van der Waals surface area contributed by atoms with E-state index < -0.39 is 6.10 Å². The molecule has 2 heterocycles. The van der Waals surface area contributed by atoms with Crippen LogP contribution in [-0.2, 0) is 13.5 Å². The highest BCUT2D eigenvalue weighted by Gasteiger charge is 2.30. The van der Waals surface area contributed by atoms with Gasteiger partial charge in [-0.05, 0) is 18.6 Å². The third kappa shape index (κ3) is 2.36. The van der Waals surface area contributed by atoms with Crippen molar-refractivity contribution in [3.8, 4) is 5.75 Å². The summed E-state index contributed by atoms with van der Waals surface area (Å²) in [4.78, 5) is 0. The molecule has 106 valence electrons. The summed E-state index contributed by atoms with van der Waals surface area (Å²) in [7, 11) is 1.91. The smallest absolute Gasteiger partial charge is 0.130 e. The number of aliphatic hydroxyl groups is 1. The number of aliphatic hydroxyl groups excluding tert-OH is 1. The molecule has 1 aliphatic heterocycles. The van der Waals surface area contributed by atoms with E-state index in [1.807, 2.05) is 31.4 Å². The van der Waals surface area contributed by atoms with Crippen molar-refractivity contribution in [3.63, 3.8) is 0 Å². The second kappa shape index (κ2) is 5.22. The van der Waals surface area contributed by atoms with Crippen molar-refractivity contribution in [2.24, 2.45) is 7.05 Å². The van der Waals surface area contributed by atoms with Crippen LogP contribution in [-0.4, -0.2) is 14.9 Å². The molecule has 0 amide bonds. The predicted octanol–water partition coefficient (Wildman–Crippen LogP) is 3.30. The Labute approximate surface area is 126 Å².